The van der Waals surface area contributed by atoms with Crippen LogP contribution in [-0.2, 0) is 14.9 Å². The predicted molar refractivity (Wildman–Crippen MR) is 76.6 cm³/mol. The fourth-order valence-electron chi connectivity index (χ4n) is 1.96. The Morgan fingerprint density at radius 1 is 1.38 bits per heavy atom. The molecule has 21 heavy (non-hydrogen) atoms. The number of methoxy groups -OCH3 is 1. The number of anilines is 1. The van der Waals surface area contributed by atoms with Crippen LogP contribution in [0.2, 0.25) is 0 Å². The Kier molecular flexibility index (Phi) is 4.04. The monoisotopic (exact) mass is 295 g/mol. The van der Waals surface area contributed by atoms with E-state index in [0.29, 0.717) is 19.0 Å². The van der Waals surface area contributed by atoms with Crippen LogP contribution >= 0.6 is 0 Å². The highest BCUT2D eigenvalue weighted by Gasteiger charge is 2.39. The highest BCUT2D eigenvalue weighted by molar-refractivity contribution is 5.83. The molecule has 116 valence electrons. The van der Waals surface area contributed by atoms with Gasteiger partial charge in [-0.3, -0.25) is 5.32 Å². The van der Waals surface area contributed by atoms with Crippen molar-refractivity contribution in [1.82, 2.24) is 10.2 Å². The van der Waals surface area contributed by atoms with Crippen molar-refractivity contribution in [2.45, 2.75) is 38.7 Å². The third-order valence-corrected chi connectivity index (χ3v) is 3.02. The molecule has 7 nitrogen and oxygen atoms in total. The summed E-state index contributed by atoms with van der Waals surface area (Å²) < 4.78 is 15.7. The van der Waals surface area contributed by atoms with Gasteiger partial charge in [-0.05, 0) is 27.7 Å². The summed E-state index contributed by atoms with van der Waals surface area (Å²) >= 11 is 0. The number of amides is 1. The smallest absolute Gasteiger partial charge is 0.413 e. The SMILES string of the molecule is COc1cc(NC(=O)OC(C)(C)C)nnc1C1(C)COC1. The minimum atomic E-state index is -0.579. The maximum Gasteiger partial charge on any atom is 0.413 e. The fourth-order valence-corrected chi connectivity index (χ4v) is 1.96. The van der Waals surface area contributed by atoms with E-state index in [1.54, 1.807) is 33.9 Å². The maximum absolute atomic E-state index is 11.7. The van der Waals surface area contributed by atoms with Gasteiger partial charge < -0.3 is 14.2 Å². The molecule has 1 amide bonds. The molecule has 7 heteroatoms. The van der Waals surface area contributed by atoms with Gasteiger partial charge in [0.05, 0.1) is 25.7 Å². The third-order valence-electron chi connectivity index (χ3n) is 3.02. The van der Waals surface area contributed by atoms with Gasteiger partial charge in [-0.2, -0.15) is 0 Å². The Morgan fingerprint density at radius 2 is 2.05 bits per heavy atom. The molecule has 1 aromatic heterocycles. The molecule has 1 fully saturated rings. The van der Waals surface area contributed by atoms with Crippen molar-refractivity contribution in [1.29, 1.82) is 0 Å². The lowest BCUT2D eigenvalue weighted by molar-refractivity contribution is -0.0534. The molecule has 0 unspecified atom stereocenters. The lowest BCUT2D eigenvalue weighted by Gasteiger charge is -2.37. The largest absolute Gasteiger partial charge is 0.495 e. The van der Waals surface area contributed by atoms with Crippen LogP contribution < -0.4 is 10.1 Å². The van der Waals surface area contributed by atoms with Crippen molar-refractivity contribution in [2.24, 2.45) is 0 Å². The van der Waals surface area contributed by atoms with E-state index in [1.807, 2.05) is 6.92 Å². The number of ether oxygens (including phenoxy) is 3. The molecule has 1 aliphatic rings. The summed E-state index contributed by atoms with van der Waals surface area (Å²) in [5.41, 5.74) is -0.0351. The molecule has 0 aliphatic carbocycles. The van der Waals surface area contributed by atoms with Crippen molar-refractivity contribution >= 4 is 11.9 Å². The second-order valence-electron chi connectivity index (χ2n) is 6.33. The number of nitrogens with zero attached hydrogens (tertiary/aromatic N) is 2. The molecule has 1 aromatic rings. The number of carbonyl (C=O) groups excluding carboxylic acids is 1. The minimum Gasteiger partial charge on any atom is -0.495 e. The van der Waals surface area contributed by atoms with Crippen molar-refractivity contribution in [3.8, 4) is 5.75 Å². The molecule has 2 rings (SSSR count). The first-order chi connectivity index (χ1) is 9.73. The van der Waals surface area contributed by atoms with Crippen LogP contribution in [0.25, 0.3) is 0 Å². The van der Waals surface area contributed by atoms with Crippen molar-refractivity contribution in [2.75, 3.05) is 25.6 Å². The summed E-state index contributed by atoms with van der Waals surface area (Å²) in [6.45, 7) is 8.57. The van der Waals surface area contributed by atoms with Gasteiger partial charge in [-0.1, -0.05) is 0 Å². The molecular formula is C14H21N3O4. The van der Waals surface area contributed by atoms with Crippen LogP contribution in [0.3, 0.4) is 0 Å². The Morgan fingerprint density at radius 3 is 2.52 bits per heavy atom. The predicted octanol–water partition coefficient (Wildman–Crippen LogP) is 2.12. The molecular weight excluding hydrogens is 274 g/mol. The summed E-state index contributed by atoms with van der Waals surface area (Å²) in [5.74, 6) is 0.857. The van der Waals surface area contributed by atoms with E-state index >= 15 is 0 Å². The molecule has 0 bridgehead atoms. The molecule has 1 aliphatic heterocycles. The first kappa shape index (κ1) is 15.5. The standard InChI is InChI=1S/C14H21N3O4/c1-13(2,3)21-12(18)15-10-6-9(19-5)11(17-16-10)14(4)7-20-8-14/h6H,7-8H2,1-5H3,(H,15,16,18). The van der Waals surface area contributed by atoms with Gasteiger partial charge >= 0.3 is 6.09 Å². The summed E-state index contributed by atoms with van der Waals surface area (Å²) in [6.07, 6.45) is -0.579. The summed E-state index contributed by atoms with van der Waals surface area (Å²) in [7, 11) is 1.56. The zero-order valence-corrected chi connectivity index (χ0v) is 13.0. The number of hydrogen-bond donors (Lipinski definition) is 1. The summed E-state index contributed by atoms with van der Waals surface area (Å²) in [6, 6.07) is 1.63. The number of hydrogen-bond acceptors (Lipinski definition) is 6. The number of aromatic nitrogens is 2. The molecule has 0 radical (unpaired) electrons. The number of carbonyl (C=O) groups is 1. The Balaban J connectivity index is 2.14. The fraction of sp³-hybridized carbons (Fsp3) is 0.643. The summed E-state index contributed by atoms with van der Waals surface area (Å²) in [5, 5.41) is 10.7. The molecule has 0 saturated carbocycles. The van der Waals surface area contributed by atoms with Gasteiger partial charge in [0, 0.05) is 6.07 Å². The van der Waals surface area contributed by atoms with E-state index in [-0.39, 0.29) is 11.2 Å². The third kappa shape index (κ3) is 3.60. The number of nitrogens with one attached hydrogen (secondary N) is 1. The van der Waals surface area contributed by atoms with Crippen molar-refractivity contribution < 1.29 is 19.0 Å². The Hall–Kier alpha value is -1.89. The van der Waals surface area contributed by atoms with Crippen molar-refractivity contribution in [3.05, 3.63) is 11.8 Å². The van der Waals surface area contributed by atoms with Gasteiger partial charge in [0.15, 0.2) is 5.82 Å². The Labute approximate surface area is 124 Å². The highest BCUT2D eigenvalue weighted by Crippen LogP contribution is 2.36. The van der Waals surface area contributed by atoms with Crippen LogP contribution in [0.5, 0.6) is 5.75 Å². The molecule has 1 N–H and O–H groups in total. The maximum atomic E-state index is 11.7. The molecule has 1 saturated heterocycles. The van der Waals surface area contributed by atoms with Gasteiger partial charge in [-0.15, -0.1) is 10.2 Å². The van der Waals surface area contributed by atoms with Crippen LogP contribution in [0.15, 0.2) is 6.07 Å². The zero-order chi connectivity index (χ0) is 15.7. The second kappa shape index (κ2) is 5.48. The highest BCUT2D eigenvalue weighted by atomic mass is 16.6. The second-order valence-corrected chi connectivity index (χ2v) is 6.33. The average Bonchev–Trinajstić information content (AvgIpc) is 2.33. The van der Waals surface area contributed by atoms with Crippen LogP contribution in [0.1, 0.15) is 33.4 Å². The van der Waals surface area contributed by atoms with E-state index in [9.17, 15) is 4.79 Å². The van der Waals surface area contributed by atoms with Crippen LogP contribution in [-0.4, -0.2) is 42.2 Å². The lowest BCUT2D eigenvalue weighted by Crippen LogP contribution is -2.45. The van der Waals surface area contributed by atoms with E-state index < -0.39 is 11.7 Å². The molecule has 0 aromatic carbocycles. The summed E-state index contributed by atoms with van der Waals surface area (Å²) in [4.78, 5) is 11.7. The first-order valence-electron chi connectivity index (χ1n) is 6.73. The van der Waals surface area contributed by atoms with Gasteiger partial charge in [0.25, 0.3) is 0 Å². The number of rotatable bonds is 3. The van der Waals surface area contributed by atoms with E-state index in [4.69, 9.17) is 14.2 Å². The minimum absolute atomic E-state index is 0.192. The van der Waals surface area contributed by atoms with Gasteiger partial charge in [-0.25, -0.2) is 4.79 Å². The van der Waals surface area contributed by atoms with E-state index in [2.05, 4.69) is 15.5 Å². The van der Waals surface area contributed by atoms with Crippen LogP contribution in [0, 0.1) is 0 Å². The van der Waals surface area contributed by atoms with Crippen molar-refractivity contribution in [3.63, 3.8) is 0 Å². The van der Waals surface area contributed by atoms with Gasteiger partial charge in [0.2, 0.25) is 0 Å². The molecule has 0 spiro atoms. The lowest BCUT2D eigenvalue weighted by atomic mass is 9.84. The molecule has 0 atom stereocenters. The zero-order valence-electron chi connectivity index (χ0n) is 13.0. The van der Waals surface area contributed by atoms with E-state index in [0.717, 1.165) is 5.69 Å². The average molecular weight is 295 g/mol. The first-order valence-corrected chi connectivity index (χ1v) is 6.73. The van der Waals surface area contributed by atoms with Gasteiger partial charge in [0.1, 0.15) is 17.0 Å². The molecule has 2 heterocycles. The topological polar surface area (TPSA) is 82.6 Å². The normalized spacial score (nSPS) is 16.8. The Bertz CT molecular complexity index is 536. The quantitative estimate of drug-likeness (QED) is 0.919. The van der Waals surface area contributed by atoms with Crippen LogP contribution in [0.4, 0.5) is 10.6 Å². The van der Waals surface area contributed by atoms with E-state index in [1.165, 1.54) is 0 Å².